The Morgan fingerprint density at radius 3 is 2.21 bits per heavy atom. The van der Waals surface area contributed by atoms with E-state index in [4.69, 9.17) is 39.5 Å². The highest BCUT2D eigenvalue weighted by molar-refractivity contribution is 7.92. The fourth-order valence-electron chi connectivity index (χ4n) is 4.06. The summed E-state index contributed by atoms with van der Waals surface area (Å²) in [6.45, 7) is 7.34. The minimum atomic E-state index is -4.28. The molecule has 1 atom stereocenters. The number of benzene rings is 3. The number of carbonyl (C=O) groups excluding carboxylic acids is 2. The second-order valence-electron chi connectivity index (χ2n) is 9.95. The van der Waals surface area contributed by atoms with Crippen molar-refractivity contribution in [2.45, 2.75) is 45.2 Å². The van der Waals surface area contributed by atoms with Gasteiger partial charge in [0, 0.05) is 18.1 Å². The van der Waals surface area contributed by atoms with Crippen molar-refractivity contribution in [1.29, 1.82) is 0 Å². The molecule has 0 bridgehead atoms. The molecule has 0 aromatic heterocycles. The van der Waals surface area contributed by atoms with E-state index in [1.807, 2.05) is 13.8 Å². The van der Waals surface area contributed by atoms with Gasteiger partial charge in [0.05, 0.1) is 27.2 Å². The zero-order valence-corrected chi connectivity index (χ0v) is 26.9. The topological polar surface area (TPSA) is 96.0 Å². The average molecular weight is 655 g/mol. The molecule has 0 fully saturated rings. The lowest BCUT2D eigenvalue weighted by atomic mass is 10.1. The zero-order valence-electron chi connectivity index (χ0n) is 23.8. The van der Waals surface area contributed by atoms with E-state index in [-0.39, 0.29) is 46.3 Å². The average Bonchev–Trinajstić information content (AvgIpc) is 2.95. The molecule has 0 aliphatic heterocycles. The number of sulfonamides is 1. The Morgan fingerprint density at radius 2 is 1.60 bits per heavy atom. The van der Waals surface area contributed by atoms with Gasteiger partial charge in [-0.05, 0) is 73.9 Å². The summed E-state index contributed by atoms with van der Waals surface area (Å²) in [4.78, 5) is 28.5. The van der Waals surface area contributed by atoms with Gasteiger partial charge in [-0.3, -0.25) is 13.9 Å². The van der Waals surface area contributed by atoms with Crippen molar-refractivity contribution in [3.05, 3.63) is 87.4 Å². The first kappa shape index (κ1) is 33.5. The van der Waals surface area contributed by atoms with Gasteiger partial charge in [-0.25, -0.2) is 8.42 Å². The Bertz CT molecular complexity index is 1500. The maximum absolute atomic E-state index is 14.1. The summed E-state index contributed by atoms with van der Waals surface area (Å²) in [6, 6.07) is 16.2. The van der Waals surface area contributed by atoms with Gasteiger partial charge in [-0.15, -0.1) is 0 Å². The number of hydrogen-bond acceptors (Lipinski definition) is 5. The van der Waals surface area contributed by atoms with Crippen molar-refractivity contribution in [1.82, 2.24) is 10.2 Å². The Labute approximate surface area is 262 Å². The van der Waals surface area contributed by atoms with Crippen molar-refractivity contribution < 1.29 is 22.7 Å². The smallest absolute Gasteiger partial charge is 0.264 e. The molecular weight excluding hydrogens is 621 g/mol. The lowest BCUT2D eigenvalue weighted by Crippen LogP contribution is -2.51. The van der Waals surface area contributed by atoms with E-state index < -0.39 is 28.5 Å². The van der Waals surface area contributed by atoms with Crippen LogP contribution in [0.5, 0.6) is 5.75 Å². The van der Waals surface area contributed by atoms with Crippen molar-refractivity contribution in [2.24, 2.45) is 5.92 Å². The van der Waals surface area contributed by atoms with E-state index in [9.17, 15) is 18.0 Å². The van der Waals surface area contributed by atoms with E-state index >= 15 is 0 Å². The first-order chi connectivity index (χ1) is 19.8. The van der Waals surface area contributed by atoms with Gasteiger partial charge in [0.2, 0.25) is 11.8 Å². The predicted octanol–water partition coefficient (Wildman–Crippen LogP) is 6.43. The lowest BCUT2D eigenvalue weighted by Gasteiger charge is -2.32. The van der Waals surface area contributed by atoms with Gasteiger partial charge < -0.3 is 15.0 Å². The predicted molar refractivity (Wildman–Crippen MR) is 168 cm³/mol. The molecule has 0 radical (unpaired) electrons. The van der Waals surface area contributed by atoms with Crippen molar-refractivity contribution in [3.8, 4) is 5.75 Å². The van der Waals surface area contributed by atoms with Crippen molar-refractivity contribution in [3.63, 3.8) is 0 Å². The third-order valence-corrected chi connectivity index (χ3v) is 9.07. The van der Waals surface area contributed by atoms with Crippen LogP contribution in [-0.4, -0.2) is 50.9 Å². The van der Waals surface area contributed by atoms with E-state index in [1.165, 1.54) is 29.2 Å². The largest absolute Gasteiger partial charge is 0.492 e. The molecule has 3 aromatic rings. The van der Waals surface area contributed by atoms with Gasteiger partial charge in [0.15, 0.2) is 0 Å². The first-order valence-electron chi connectivity index (χ1n) is 13.4. The van der Waals surface area contributed by atoms with Gasteiger partial charge in [-0.1, -0.05) is 66.8 Å². The van der Waals surface area contributed by atoms with Crippen molar-refractivity contribution >= 4 is 62.3 Å². The van der Waals surface area contributed by atoms with Gasteiger partial charge in [0.25, 0.3) is 10.0 Å². The van der Waals surface area contributed by atoms with Crippen LogP contribution in [0.25, 0.3) is 0 Å². The van der Waals surface area contributed by atoms with E-state index in [2.05, 4.69) is 5.32 Å². The molecule has 0 saturated heterocycles. The monoisotopic (exact) mass is 653 g/mol. The molecule has 0 heterocycles. The number of halogens is 3. The Balaban J connectivity index is 2.08. The number of para-hydroxylation sites is 2. The van der Waals surface area contributed by atoms with E-state index in [0.29, 0.717) is 22.2 Å². The number of amides is 2. The number of ether oxygens (including phenoxy) is 1. The molecule has 1 N–H and O–H groups in total. The third-order valence-electron chi connectivity index (χ3n) is 6.30. The minimum Gasteiger partial charge on any atom is -0.492 e. The number of nitrogens with one attached hydrogen (secondary N) is 1. The summed E-state index contributed by atoms with van der Waals surface area (Å²) in [6.07, 6.45) is 0. The molecule has 0 saturated carbocycles. The standard InChI is InChI=1S/C30H34Cl3N3O5S/c1-5-41-28-9-7-6-8-27(28)36(42(39,40)24-13-11-23(31)12-14-24)19-29(37)35(21(4)30(38)34-17-20(2)3)18-22-10-15-25(32)26(33)16-22/h6-16,20-21H,5,17-19H2,1-4H3,(H,34,38). The fraction of sp³-hybridized carbons (Fsp3) is 0.333. The van der Waals surface area contributed by atoms with Crippen LogP contribution in [0, 0.1) is 5.92 Å². The normalized spacial score (nSPS) is 12.1. The summed E-state index contributed by atoms with van der Waals surface area (Å²) in [5, 5.41) is 3.84. The van der Waals surface area contributed by atoms with Crippen LogP contribution < -0.4 is 14.4 Å². The molecular formula is C30H34Cl3N3O5S. The SMILES string of the molecule is CCOc1ccccc1N(CC(=O)N(Cc1ccc(Cl)c(Cl)c1)C(C)C(=O)NCC(C)C)S(=O)(=O)c1ccc(Cl)cc1. The molecule has 0 aliphatic carbocycles. The summed E-state index contributed by atoms with van der Waals surface area (Å²) < 4.78 is 34.8. The van der Waals surface area contributed by atoms with E-state index in [0.717, 1.165) is 4.31 Å². The van der Waals surface area contributed by atoms with Crippen LogP contribution >= 0.6 is 34.8 Å². The molecule has 12 heteroatoms. The molecule has 1 unspecified atom stereocenters. The second kappa shape index (κ2) is 15.0. The Hall–Kier alpha value is -2.98. The highest BCUT2D eigenvalue weighted by Gasteiger charge is 2.34. The van der Waals surface area contributed by atoms with Crippen LogP contribution in [0.4, 0.5) is 5.69 Å². The maximum Gasteiger partial charge on any atom is 0.264 e. The van der Waals surface area contributed by atoms with Crippen LogP contribution in [0.1, 0.15) is 33.3 Å². The van der Waals surface area contributed by atoms with Crippen LogP contribution in [0.2, 0.25) is 15.1 Å². The highest BCUT2D eigenvalue weighted by atomic mass is 35.5. The third kappa shape index (κ3) is 8.53. The van der Waals surface area contributed by atoms with Gasteiger partial charge >= 0.3 is 0 Å². The number of nitrogens with zero attached hydrogens (tertiary/aromatic N) is 2. The summed E-state index contributed by atoms with van der Waals surface area (Å²) >= 11 is 18.3. The van der Waals surface area contributed by atoms with Crippen LogP contribution in [0.15, 0.2) is 71.6 Å². The fourth-order valence-corrected chi connectivity index (χ4v) is 5.93. The molecule has 8 nitrogen and oxygen atoms in total. The zero-order chi connectivity index (χ0) is 31.0. The molecule has 42 heavy (non-hydrogen) atoms. The Morgan fingerprint density at radius 1 is 0.929 bits per heavy atom. The summed E-state index contributed by atoms with van der Waals surface area (Å²) in [5.74, 6) is -0.518. The lowest BCUT2D eigenvalue weighted by molar-refractivity contribution is -0.139. The van der Waals surface area contributed by atoms with E-state index in [1.54, 1.807) is 56.3 Å². The summed E-state index contributed by atoms with van der Waals surface area (Å²) in [7, 11) is -4.28. The molecule has 0 spiro atoms. The molecule has 3 rings (SSSR count). The molecule has 0 aliphatic rings. The van der Waals surface area contributed by atoms with Crippen molar-refractivity contribution in [2.75, 3.05) is 24.0 Å². The van der Waals surface area contributed by atoms with Gasteiger partial charge in [-0.2, -0.15) is 0 Å². The maximum atomic E-state index is 14.1. The minimum absolute atomic E-state index is 0.0199. The second-order valence-corrected chi connectivity index (χ2v) is 13.1. The quantitative estimate of drug-likeness (QED) is 0.229. The number of rotatable bonds is 13. The highest BCUT2D eigenvalue weighted by Crippen LogP contribution is 2.33. The Kier molecular flexibility index (Phi) is 11.9. The van der Waals surface area contributed by atoms with Crippen LogP contribution in [-0.2, 0) is 26.2 Å². The number of carbonyl (C=O) groups is 2. The molecule has 226 valence electrons. The number of hydrogen-bond donors (Lipinski definition) is 1. The number of anilines is 1. The molecule has 2 amide bonds. The van der Waals surface area contributed by atoms with Crippen LogP contribution in [0.3, 0.4) is 0 Å². The molecule has 3 aromatic carbocycles. The first-order valence-corrected chi connectivity index (χ1v) is 15.9. The summed E-state index contributed by atoms with van der Waals surface area (Å²) in [5.41, 5.74) is 0.789. The van der Waals surface area contributed by atoms with Gasteiger partial charge in [0.1, 0.15) is 18.3 Å².